The van der Waals surface area contributed by atoms with Crippen LogP contribution >= 0.6 is 0 Å². The smallest absolute Gasteiger partial charge is 0.258 e. The summed E-state index contributed by atoms with van der Waals surface area (Å²) in [7, 11) is 0. The van der Waals surface area contributed by atoms with Gasteiger partial charge in [-0.1, -0.05) is 17.3 Å². The molecule has 3 rings (SSSR count). The Labute approximate surface area is 121 Å². The van der Waals surface area contributed by atoms with Crippen LogP contribution in [-0.4, -0.2) is 10.1 Å². The molecule has 2 aromatic carbocycles. The minimum atomic E-state index is -0.331. The fraction of sp³-hybridized carbons (Fsp3) is 0.125. The summed E-state index contributed by atoms with van der Waals surface area (Å²) in [6.07, 6.45) is 0. The van der Waals surface area contributed by atoms with Crippen molar-refractivity contribution in [1.82, 2.24) is 10.1 Å². The van der Waals surface area contributed by atoms with E-state index in [1.165, 1.54) is 12.1 Å². The van der Waals surface area contributed by atoms with Gasteiger partial charge in [0.15, 0.2) is 0 Å². The van der Waals surface area contributed by atoms with Crippen LogP contribution in [0.15, 0.2) is 40.9 Å². The Kier molecular flexibility index (Phi) is 3.17. The summed E-state index contributed by atoms with van der Waals surface area (Å²) in [5, 5.41) is 3.94. The number of hydrogen-bond acceptors (Lipinski definition) is 4. The van der Waals surface area contributed by atoms with E-state index in [-0.39, 0.29) is 5.82 Å². The van der Waals surface area contributed by atoms with E-state index in [9.17, 15) is 4.39 Å². The molecule has 0 saturated heterocycles. The van der Waals surface area contributed by atoms with Crippen LogP contribution in [0, 0.1) is 19.7 Å². The van der Waals surface area contributed by atoms with Crippen LogP contribution < -0.4 is 5.73 Å². The molecule has 4 nitrogen and oxygen atoms in total. The number of nitrogens with two attached hydrogens (primary N) is 1. The van der Waals surface area contributed by atoms with Gasteiger partial charge < -0.3 is 10.3 Å². The highest BCUT2D eigenvalue weighted by Gasteiger charge is 2.15. The lowest BCUT2D eigenvalue weighted by molar-refractivity contribution is 0.432. The van der Waals surface area contributed by atoms with Crippen molar-refractivity contribution in [2.75, 3.05) is 5.73 Å². The molecule has 0 aliphatic heterocycles. The minimum absolute atomic E-state index is 0.331. The second-order valence-electron chi connectivity index (χ2n) is 4.90. The maximum Gasteiger partial charge on any atom is 0.258 e. The van der Waals surface area contributed by atoms with Crippen molar-refractivity contribution in [3.05, 3.63) is 53.3 Å². The molecule has 0 bridgehead atoms. The van der Waals surface area contributed by atoms with Gasteiger partial charge in [-0.15, -0.1) is 0 Å². The predicted octanol–water partition coefficient (Wildman–Crippen LogP) is 3.74. The molecule has 1 aromatic heterocycles. The number of aryl methyl sites for hydroxylation is 1. The fourth-order valence-electron chi connectivity index (χ4n) is 2.16. The van der Waals surface area contributed by atoms with E-state index in [2.05, 4.69) is 10.1 Å². The number of nitrogens with zero attached hydrogens (tertiary/aromatic N) is 2. The molecule has 0 fully saturated rings. The third kappa shape index (κ3) is 2.38. The van der Waals surface area contributed by atoms with Crippen molar-refractivity contribution < 1.29 is 8.91 Å². The first-order chi connectivity index (χ1) is 10.1. The van der Waals surface area contributed by atoms with Gasteiger partial charge in [-0.2, -0.15) is 4.98 Å². The summed E-state index contributed by atoms with van der Waals surface area (Å²) >= 11 is 0. The Bertz CT molecular complexity index is 795. The van der Waals surface area contributed by atoms with Crippen LogP contribution in [-0.2, 0) is 0 Å². The summed E-state index contributed by atoms with van der Waals surface area (Å²) in [5.41, 5.74) is 9.70. The molecule has 0 spiro atoms. The minimum Gasteiger partial charge on any atom is -0.398 e. The van der Waals surface area contributed by atoms with Crippen LogP contribution in [0.2, 0.25) is 0 Å². The standard InChI is InChI=1S/C16H14FN3O/c1-9-6-7-11(17)8-13(9)15-19-16(21-20-15)12-4-3-5-14(18)10(12)2/h3-8H,18H2,1-2H3. The molecule has 21 heavy (non-hydrogen) atoms. The van der Waals surface area contributed by atoms with Gasteiger partial charge in [-0.3, -0.25) is 0 Å². The van der Waals surface area contributed by atoms with E-state index in [1.807, 2.05) is 32.0 Å². The summed E-state index contributed by atoms with van der Waals surface area (Å²) in [5.74, 6) is 0.407. The van der Waals surface area contributed by atoms with Crippen molar-refractivity contribution in [1.29, 1.82) is 0 Å². The molecule has 0 saturated carbocycles. The zero-order chi connectivity index (χ0) is 15.0. The van der Waals surface area contributed by atoms with Gasteiger partial charge in [0, 0.05) is 16.8 Å². The normalized spacial score (nSPS) is 10.8. The molecule has 0 aliphatic rings. The number of hydrogen-bond donors (Lipinski definition) is 1. The lowest BCUT2D eigenvalue weighted by Gasteiger charge is -2.03. The van der Waals surface area contributed by atoms with E-state index >= 15 is 0 Å². The number of halogens is 1. The van der Waals surface area contributed by atoms with E-state index in [4.69, 9.17) is 10.3 Å². The van der Waals surface area contributed by atoms with Gasteiger partial charge in [0.2, 0.25) is 5.82 Å². The number of anilines is 1. The van der Waals surface area contributed by atoms with Crippen molar-refractivity contribution in [3.63, 3.8) is 0 Å². The van der Waals surface area contributed by atoms with Crippen LogP contribution in [0.25, 0.3) is 22.8 Å². The first-order valence-electron chi connectivity index (χ1n) is 6.52. The highest BCUT2D eigenvalue weighted by molar-refractivity contribution is 5.68. The van der Waals surface area contributed by atoms with Crippen LogP contribution in [0.1, 0.15) is 11.1 Å². The van der Waals surface area contributed by atoms with E-state index in [0.717, 1.165) is 16.7 Å². The number of aromatic nitrogens is 2. The van der Waals surface area contributed by atoms with Crippen LogP contribution in [0.5, 0.6) is 0 Å². The van der Waals surface area contributed by atoms with Crippen molar-refractivity contribution in [2.24, 2.45) is 0 Å². The van der Waals surface area contributed by atoms with Crippen molar-refractivity contribution >= 4 is 5.69 Å². The van der Waals surface area contributed by atoms with E-state index < -0.39 is 0 Å². The molecule has 0 aliphatic carbocycles. The summed E-state index contributed by atoms with van der Waals surface area (Å²) in [4.78, 5) is 4.35. The monoisotopic (exact) mass is 283 g/mol. The third-order valence-electron chi connectivity index (χ3n) is 3.47. The maximum absolute atomic E-state index is 13.4. The largest absolute Gasteiger partial charge is 0.398 e. The first kappa shape index (κ1) is 13.3. The Morgan fingerprint density at radius 2 is 1.90 bits per heavy atom. The van der Waals surface area contributed by atoms with E-state index in [1.54, 1.807) is 6.07 Å². The highest BCUT2D eigenvalue weighted by atomic mass is 19.1. The molecule has 0 atom stereocenters. The molecular weight excluding hydrogens is 269 g/mol. The second-order valence-corrected chi connectivity index (χ2v) is 4.90. The van der Waals surface area contributed by atoms with Gasteiger partial charge in [0.1, 0.15) is 5.82 Å². The van der Waals surface area contributed by atoms with Gasteiger partial charge in [-0.05, 0) is 49.2 Å². The zero-order valence-electron chi connectivity index (χ0n) is 11.7. The molecular formula is C16H14FN3O. The molecule has 0 unspecified atom stereocenters. The third-order valence-corrected chi connectivity index (χ3v) is 3.47. The number of rotatable bonds is 2. The molecule has 3 aromatic rings. The molecule has 2 N–H and O–H groups in total. The second kappa shape index (κ2) is 5.01. The maximum atomic E-state index is 13.4. The Morgan fingerprint density at radius 3 is 2.71 bits per heavy atom. The van der Waals surface area contributed by atoms with Gasteiger partial charge >= 0.3 is 0 Å². The van der Waals surface area contributed by atoms with E-state index in [0.29, 0.717) is 23.0 Å². The molecule has 0 amide bonds. The molecule has 0 radical (unpaired) electrons. The van der Waals surface area contributed by atoms with Crippen LogP contribution in [0.3, 0.4) is 0 Å². The first-order valence-corrected chi connectivity index (χ1v) is 6.52. The fourth-order valence-corrected chi connectivity index (χ4v) is 2.16. The van der Waals surface area contributed by atoms with Gasteiger partial charge in [-0.25, -0.2) is 4.39 Å². The lowest BCUT2D eigenvalue weighted by atomic mass is 10.1. The molecule has 106 valence electrons. The van der Waals surface area contributed by atoms with Crippen molar-refractivity contribution in [3.8, 4) is 22.8 Å². The summed E-state index contributed by atoms with van der Waals surface area (Å²) in [6.45, 7) is 3.76. The topological polar surface area (TPSA) is 64.9 Å². The van der Waals surface area contributed by atoms with Gasteiger partial charge in [0.25, 0.3) is 5.89 Å². The zero-order valence-corrected chi connectivity index (χ0v) is 11.7. The Hall–Kier alpha value is -2.69. The SMILES string of the molecule is Cc1ccc(F)cc1-c1noc(-c2cccc(N)c2C)n1. The highest BCUT2D eigenvalue weighted by Crippen LogP contribution is 2.28. The van der Waals surface area contributed by atoms with Gasteiger partial charge in [0.05, 0.1) is 0 Å². The lowest BCUT2D eigenvalue weighted by Crippen LogP contribution is -1.92. The molecule has 1 heterocycles. The average molecular weight is 283 g/mol. The Balaban J connectivity index is 2.08. The van der Waals surface area contributed by atoms with Crippen LogP contribution in [0.4, 0.5) is 10.1 Å². The molecule has 5 heteroatoms. The summed E-state index contributed by atoms with van der Waals surface area (Å²) < 4.78 is 18.7. The number of nitrogen functional groups attached to an aromatic ring is 1. The summed E-state index contributed by atoms with van der Waals surface area (Å²) in [6, 6.07) is 9.99. The van der Waals surface area contributed by atoms with Crippen molar-refractivity contribution in [2.45, 2.75) is 13.8 Å². The predicted molar refractivity (Wildman–Crippen MR) is 79.0 cm³/mol. The number of benzene rings is 2. The average Bonchev–Trinajstić information content (AvgIpc) is 2.94. The Morgan fingerprint density at radius 1 is 1.10 bits per heavy atom. The quantitative estimate of drug-likeness (QED) is 0.727.